The van der Waals surface area contributed by atoms with Crippen LogP contribution < -0.4 is 14.2 Å². The number of anilines is 1. The summed E-state index contributed by atoms with van der Waals surface area (Å²) < 4.78 is 10.9. The van der Waals surface area contributed by atoms with E-state index in [1.54, 1.807) is 0 Å². The second-order valence-electron chi connectivity index (χ2n) is 7.62. The third-order valence-electron chi connectivity index (χ3n) is 5.87. The molecule has 0 spiro atoms. The number of aromatic nitrogens is 2. The Balaban J connectivity index is 1.57. The maximum absolute atomic E-state index is 6.28. The molecule has 3 aromatic rings. The fourth-order valence-electron chi connectivity index (χ4n) is 4.54. The SMILES string of the molecule is CCN1/C(=C/C=C2/CCn3c2[n+](CC)c2ccc(Cl)cc23)Oc2ccc(C)cc21. The summed E-state index contributed by atoms with van der Waals surface area (Å²) in [6.07, 6.45) is 5.36. The number of aryl methyl sites for hydroxylation is 3. The third-order valence-corrected chi connectivity index (χ3v) is 6.10. The molecule has 4 nitrogen and oxygen atoms in total. The second-order valence-corrected chi connectivity index (χ2v) is 8.05. The fraction of sp³-hybridized carbons (Fsp3) is 0.292. The minimum Gasteiger partial charge on any atom is -0.439 e. The molecule has 2 aliphatic heterocycles. The van der Waals surface area contributed by atoms with Crippen molar-refractivity contribution in [1.82, 2.24) is 4.57 Å². The summed E-state index contributed by atoms with van der Waals surface area (Å²) in [5.41, 5.74) is 6.17. The van der Waals surface area contributed by atoms with Gasteiger partial charge >= 0.3 is 0 Å². The van der Waals surface area contributed by atoms with Gasteiger partial charge in [0.2, 0.25) is 5.88 Å². The van der Waals surface area contributed by atoms with Gasteiger partial charge in [0.05, 0.1) is 18.8 Å². The lowest BCUT2D eigenvalue weighted by atomic mass is 10.2. The zero-order chi connectivity index (χ0) is 20.1. The van der Waals surface area contributed by atoms with Gasteiger partial charge in [0.15, 0.2) is 16.8 Å². The molecule has 3 heterocycles. The quantitative estimate of drug-likeness (QED) is 0.539. The van der Waals surface area contributed by atoms with Gasteiger partial charge < -0.3 is 9.64 Å². The van der Waals surface area contributed by atoms with Crippen molar-refractivity contribution in [1.29, 1.82) is 0 Å². The summed E-state index contributed by atoms with van der Waals surface area (Å²) in [6.45, 7) is 9.25. The Morgan fingerprint density at radius 2 is 2.00 bits per heavy atom. The average molecular weight is 407 g/mol. The molecule has 0 bridgehead atoms. The van der Waals surface area contributed by atoms with E-state index < -0.39 is 0 Å². The number of rotatable bonds is 3. The minimum atomic E-state index is 0.784. The Hall–Kier alpha value is -2.72. The number of hydrogen-bond donors (Lipinski definition) is 0. The van der Waals surface area contributed by atoms with E-state index in [2.05, 4.69) is 77.3 Å². The van der Waals surface area contributed by atoms with E-state index in [1.165, 1.54) is 28.0 Å². The number of halogens is 1. The van der Waals surface area contributed by atoms with Gasteiger partial charge in [-0.1, -0.05) is 17.7 Å². The molecule has 0 N–H and O–H groups in total. The zero-order valence-electron chi connectivity index (χ0n) is 17.1. The predicted octanol–water partition coefficient (Wildman–Crippen LogP) is 5.46. The number of imidazole rings is 1. The highest BCUT2D eigenvalue weighted by molar-refractivity contribution is 6.31. The number of allylic oxidation sites excluding steroid dienone is 3. The molecule has 1 aromatic heterocycles. The molecule has 5 heteroatoms. The summed E-state index contributed by atoms with van der Waals surface area (Å²) >= 11 is 6.28. The summed E-state index contributed by atoms with van der Waals surface area (Å²) in [7, 11) is 0. The van der Waals surface area contributed by atoms with Crippen molar-refractivity contribution in [2.75, 3.05) is 11.4 Å². The predicted molar refractivity (Wildman–Crippen MR) is 118 cm³/mol. The van der Waals surface area contributed by atoms with Crippen LogP contribution in [0.5, 0.6) is 5.75 Å². The van der Waals surface area contributed by atoms with E-state index in [0.29, 0.717) is 0 Å². The molecule has 0 amide bonds. The number of nitrogens with zero attached hydrogens (tertiary/aromatic N) is 3. The molecule has 0 atom stereocenters. The first-order chi connectivity index (χ1) is 14.1. The van der Waals surface area contributed by atoms with Gasteiger partial charge in [-0.05, 0) is 62.8 Å². The molecule has 0 unspecified atom stereocenters. The van der Waals surface area contributed by atoms with Crippen molar-refractivity contribution in [3.8, 4) is 5.75 Å². The minimum absolute atomic E-state index is 0.784. The lowest BCUT2D eigenvalue weighted by Gasteiger charge is -2.15. The van der Waals surface area contributed by atoms with Crippen molar-refractivity contribution in [2.24, 2.45) is 0 Å². The van der Waals surface area contributed by atoms with Crippen LogP contribution in [0.25, 0.3) is 16.6 Å². The third kappa shape index (κ3) is 2.85. The van der Waals surface area contributed by atoms with E-state index in [4.69, 9.17) is 16.3 Å². The largest absolute Gasteiger partial charge is 0.439 e. The molecule has 5 rings (SSSR count). The molecule has 29 heavy (non-hydrogen) atoms. The smallest absolute Gasteiger partial charge is 0.285 e. The van der Waals surface area contributed by atoms with Gasteiger partial charge in [-0.25, -0.2) is 9.13 Å². The first-order valence-corrected chi connectivity index (χ1v) is 10.7. The van der Waals surface area contributed by atoms with Gasteiger partial charge in [-0.15, -0.1) is 0 Å². The monoisotopic (exact) mass is 406 g/mol. The average Bonchev–Trinajstić information content (AvgIpc) is 3.36. The van der Waals surface area contributed by atoms with Crippen molar-refractivity contribution < 1.29 is 9.30 Å². The lowest BCUT2D eigenvalue weighted by Crippen LogP contribution is -2.35. The van der Waals surface area contributed by atoms with Crippen molar-refractivity contribution in [3.05, 3.63) is 70.8 Å². The highest BCUT2D eigenvalue weighted by Gasteiger charge is 2.32. The summed E-state index contributed by atoms with van der Waals surface area (Å²) in [6, 6.07) is 12.5. The lowest BCUT2D eigenvalue weighted by molar-refractivity contribution is -0.670. The van der Waals surface area contributed by atoms with Crippen LogP contribution in [-0.4, -0.2) is 11.1 Å². The van der Waals surface area contributed by atoms with Crippen molar-refractivity contribution >= 4 is 33.9 Å². The number of fused-ring (bicyclic) bond motifs is 4. The molecule has 0 saturated heterocycles. The van der Waals surface area contributed by atoms with Crippen LogP contribution in [-0.2, 0) is 13.1 Å². The molecule has 0 fully saturated rings. The molecule has 0 radical (unpaired) electrons. The van der Waals surface area contributed by atoms with E-state index in [9.17, 15) is 0 Å². The Morgan fingerprint density at radius 1 is 1.14 bits per heavy atom. The van der Waals surface area contributed by atoms with Gasteiger partial charge in [0, 0.05) is 29.6 Å². The highest BCUT2D eigenvalue weighted by atomic mass is 35.5. The molecular formula is C24H25ClN3O+. The first kappa shape index (κ1) is 18.3. The Labute approximate surface area is 176 Å². The number of ether oxygens (including phenoxy) is 1. The van der Waals surface area contributed by atoms with Crippen molar-refractivity contribution in [3.63, 3.8) is 0 Å². The van der Waals surface area contributed by atoms with Gasteiger partial charge in [0.1, 0.15) is 0 Å². The maximum atomic E-state index is 6.28. The fourth-order valence-corrected chi connectivity index (χ4v) is 4.71. The second kappa shape index (κ2) is 6.96. The number of hydrogen-bond acceptors (Lipinski definition) is 2. The highest BCUT2D eigenvalue weighted by Crippen LogP contribution is 2.39. The molecule has 2 aromatic carbocycles. The van der Waals surface area contributed by atoms with Crippen molar-refractivity contribution in [2.45, 2.75) is 40.3 Å². The van der Waals surface area contributed by atoms with Crippen LogP contribution in [0, 0.1) is 6.92 Å². The summed E-state index contributed by atoms with van der Waals surface area (Å²) in [4.78, 5) is 2.23. The first-order valence-electron chi connectivity index (χ1n) is 10.3. The van der Waals surface area contributed by atoms with E-state index in [-0.39, 0.29) is 0 Å². The molecule has 0 aliphatic carbocycles. The zero-order valence-corrected chi connectivity index (χ0v) is 17.8. The summed E-state index contributed by atoms with van der Waals surface area (Å²) in [5.74, 6) is 3.10. The van der Waals surface area contributed by atoms with Crippen LogP contribution in [0.2, 0.25) is 5.02 Å². The Morgan fingerprint density at radius 3 is 2.79 bits per heavy atom. The maximum Gasteiger partial charge on any atom is 0.285 e. The van der Waals surface area contributed by atoms with Crippen LogP contribution >= 0.6 is 11.6 Å². The van der Waals surface area contributed by atoms with Gasteiger partial charge in [-0.2, -0.15) is 0 Å². The summed E-state index contributed by atoms with van der Waals surface area (Å²) in [5, 5.41) is 0.784. The van der Waals surface area contributed by atoms with Crippen LogP contribution in [0.15, 0.2) is 54.4 Å². The van der Waals surface area contributed by atoms with Gasteiger partial charge in [0.25, 0.3) is 5.82 Å². The Bertz CT molecular complexity index is 1190. The molecule has 0 saturated carbocycles. The normalized spacial score (nSPS) is 18.0. The molecular weight excluding hydrogens is 382 g/mol. The van der Waals surface area contributed by atoms with Crippen LogP contribution in [0.3, 0.4) is 0 Å². The van der Waals surface area contributed by atoms with E-state index in [0.717, 1.165) is 48.4 Å². The van der Waals surface area contributed by atoms with E-state index >= 15 is 0 Å². The molecule has 2 aliphatic rings. The van der Waals surface area contributed by atoms with Crippen LogP contribution in [0.4, 0.5) is 5.69 Å². The number of benzene rings is 2. The topological polar surface area (TPSA) is 21.3 Å². The van der Waals surface area contributed by atoms with Gasteiger partial charge in [-0.3, -0.25) is 0 Å². The van der Waals surface area contributed by atoms with Crippen LogP contribution in [0.1, 0.15) is 31.7 Å². The molecule has 148 valence electrons. The van der Waals surface area contributed by atoms with E-state index in [1.807, 2.05) is 6.07 Å². The Kier molecular flexibility index (Phi) is 4.39. The standard InChI is InChI=1S/C24H25ClN3O/c1-4-26-21-14-16(3)6-10-22(21)29-23(26)11-7-17-12-13-28-20-15-18(25)8-9-19(20)27(5-2)24(17)28/h6-11,14-15H,4-5,12-13H2,1-3H3/q+1.